The Labute approximate surface area is 118 Å². The van der Waals surface area contributed by atoms with E-state index >= 15 is 0 Å². The van der Waals surface area contributed by atoms with Gasteiger partial charge < -0.3 is 10.1 Å². The van der Waals surface area contributed by atoms with E-state index < -0.39 is 0 Å². The van der Waals surface area contributed by atoms with Crippen molar-refractivity contribution in [3.05, 3.63) is 66.2 Å². The molecule has 0 unspecified atom stereocenters. The summed E-state index contributed by atoms with van der Waals surface area (Å²) >= 11 is 0. The Morgan fingerprint density at radius 2 is 1.70 bits per heavy atom. The van der Waals surface area contributed by atoms with Crippen LogP contribution >= 0.6 is 0 Å². The molecule has 0 aliphatic carbocycles. The first-order valence-electron chi connectivity index (χ1n) is 6.48. The Balaban J connectivity index is 1.91. The quantitative estimate of drug-likeness (QED) is 0.898. The van der Waals surface area contributed by atoms with Gasteiger partial charge in [-0.25, -0.2) is 0 Å². The predicted octanol–water partition coefficient (Wildman–Crippen LogP) is 3.63. The Morgan fingerprint density at radius 1 is 1.05 bits per heavy atom. The number of rotatable bonds is 5. The fourth-order valence-corrected chi connectivity index (χ4v) is 1.67. The number of hydrogen-bond donors (Lipinski definition) is 1. The van der Waals surface area contributed by atoms with Crippen molar-refractivity contribution in [3.8, 4) is 11.5 Å². The van der Waals surface area contributed by atoms with Crippen LogP contribution in [0.1, 0.15) is 12.5 Å². The van der Waals surface area contributed by atoms with Gasteiger partial charge in [0.15, 0.2) is 0 Å². The zero-order valence-electron chi connectivity index (χ0n) is 11.4. The number of benzene rings is 2. The van der Waals surface area contributed by atoms with E-state index in [1.807, 2.05) is 66.7 Å². The second kappa shape index (κ2) is 7.14. The Morgan fingerprint density at radius 3 is 2.35 bits per heavy atom. The lowest BCUT2D eigenvalue weighted by molar-refractivity contribution is -0.118. The standard InChI is InChI=1S/C17H17NO2/c1-14(19)18-13-5-6-15-9-11-17(12-10-15)20-16-7-3-2-4-8-16/h2-12H,13H2,1H3,(H,18,19). The summed E-state index contributed by atoms with van der Waals surface area (Å²) in [5.74, 6) is 1.60. The van der Waals surface area contributed by atoms with E-state index in [2.05, 4.69) is 5.32 Å². The smallest absolute Gasteiger partial charge is 0.217 e. The second-order valence-electron chi connectivity index (χ2n) is 4.32. The Kier molecular flexibility index (Phi) is 4.95. The maximum absolute atomic E-state index is 10.7. The van der Waals surface area contributed by atoms with Gasteiger partial charge in [0.2, 0.25) is 5.91 Å². The molecule has 0 aromatic heterocycles. The molecule has 0 atom stereocenters. The fourth-order valence-electron chi connectivity index (χ4n) is 1.67. The molecule has 2 rings (SSSR count). The highest BCUT2D eigenvalue weighted by Crippen LogP contribution is 2.21. The average molecular weight is 267 g/mol. The van der Waals surface area contributed by atoms with E-state index in [1.165, 1.54) is 6.92 Å². The van der Waals surface area contributed by atoms with Crippen molar-refractivity contribution < 1.29 is 9.53 Å². The highest BCUT2D eigenvalue weighted by Gasteiger charge is 1.95. The molecule has 0 aliphatic heterocycles. The summed E-state index contributed by atoms with van der Waals surface area (Å²) in [5.41, 5.74) is 1.07. The van der Waals surface area contributed by atoms with Crippen molar-refractivity contribution in [2.45, 2.75) is 6.92 Å². The SMILES string of the molecule is CC(=O)NCC=Cc1ccc(Oc2ccccc2)cc1. The molecular formula is C17H17NO2. The summed E-state index contributed by atoms with van der Waals surface area (Å²) in [6, 6.07) is 17.5. The first kappa shape index (κ1) is 13.9. The summed E-state index contributed by atoms with van der Waals surface area (Å²) in [7, 11) is 0. The third kappa shape index (κ3) is 4.61. The van der Waals surface area contributed by atoms with Gasteiger partial charge in [-0.2, -0.15) is 0 Å². The van der Waals surface area contributed by atoms with E-state index in [4.69, 9.17) is 4.74 Å². The van der Waals surface area contributed by atoms with Crippen LogP contribution in [0.15, 0.2) is 60.7 Å². The van der Waals surface area contributed by atoms with Gasteiger partial charge >= 0.3 is 0 Å². The van der Waals surface area contributed by atoms with E-state index in [1.54, 1.807) is 0 Å². The maximum atomic E-state index is 10.7. The highest BCUT2D eigenvalue weighted by atomic mass is 16.5. The topological polar surface area (TPSA) is 38.3 Å². The number of carbonyl (C=O) groups excluding carboxylic acids is 1. The number of amides is 1. The average Bonchev–Trinajstić information content (AvgIpc) is 2.46. The van der Waals surface area contributed by atoms with Gasteiger partial charge in [-0.1, -0.05) is 42.5 Å². The number of hydrogen-bond acceptors (Lipinski definition) is 2. The van der Waals surface area contributed by atoms with Gasteiger partial charge in [0.05, 0.1) is 0 Å². The van der Waals surface area contributed by atoms with Gasteiger partial charge in [-0.15, -0.1) is 0 Å². The molecule has 3 nitrogen and oxygen atoms in total. The number of para-hydroxylation sites is 1. The van der Waals surface area contributed by atoms with Gasteiger partial charge in [0, 0.05) is 13.5 Å². The van der Waals surface area contributed by atoms with Gasteiger partial charge in [-0.05, 0) is 29.8 Å². The first-order chi connectivity index (χ1) is 9.74. The molecule has 0 bridgehead atoms. The summed E-state index contributed by atoms with van der Waals surface area (Å²) in [6.07, 6.45) is 3.87. The molecule has 0 aliphatic rings. The molecule has 0 spiro atoms. The van der Waals surface area contributed by atoms with Crippen LogP contribution in [0.3, 0.4) is 0 Å². The Bertz CT molecular complexity index is 574. The highest BCUT2D eigenvalue weighted by molar-refractivity contribution is 5.73. The van der Waals surface area contributed by atoms with Crippen molar-refractivity contribution in [1.82, 2.24) is 5.32 Å². The van der Waals surface area contributed by atoms with Crippen molar-refractivity contribution in [2.75, 3.05) is 6.54 Å². The zero-order valence-corrected chi connectivity index (χ0v) is 11.4. The van der Waals surface area contributed by atoms with Crippen LogP contribution in [-0.2, 0) is 4.79 Å². The van der Waals surface area contributed by atoms with E-state index in [0.29, 0.717) is 6.54 Å². The third-order valence-electron chi connectivity index (χ3n) is 2.64. The van der Waals surface area contributed by atoms with E-state index in [9.17, 15) is 4.79 Å². The lowest BCUT2D eigenvalue weighted by Gasteiger charge is -2.05. The largest absolute Gasteiger partial charge is 0.457 e. The predicted molar refractivity (Wildman–Crippen MR) is 80.7 cm³/mol. The molecule has 0 radical (unpaired) electrons. The van der Waals surface area contributed by atoms with Gasteiger partial charge in [0.25, 0.3) is 0 Å². The van der Waals surface area contributed by atoms with Crippen LogP contribution < -0.4 is 10.1 Å². The first-order valence-corrected chi connectivity index (χ1v) is 6.48. The molecule has 2 aromatic carbocycles. The van der Waals surface area contributed by atoms with Gasteiger partial charge in [-0.3, -0.25) is 4.79 Å². The molecule has 0 saturated carbocycles. The lowest BCUT2D eigenvalue weighted by atomic mass is 10.2. The normalized spacial score (nSPS) is 10.4. The van der Waals surface area contributed by atoms with Crippen LogP contribution in [0, 0.1) is 0 Å². The lowest BCUT2D eigenvalue weighted by Crippen LogP contribution is -2.19. The molecule has 0 saturated heterocycles. The fraction of sp³-hybridized carbons (Fsp3) is 0.118. The molecule has 102 valence electrons. The van der Waals surface area contributed by atoms with Crippen LogP contribution in [0.25, 0.3) is 6.08 Å². The summed E-state index contributed by atoms with van der Waals surface area (Å²) in [5, 5.41) is 2.71. The van der Waals surface area contributed by atoms with Crippen LogP contribution in [0.5, 0.6) is 11.5 Å². The minimum atomic E-state index is -0.0266. The van der Waals surface area contributed by atoms with Crippen molar-refractivity contribution in [1.29, 1.82) is 0 Å². The number of ether oxygens (including phenoxy) is 1. The van der Waals surface area contributed by atoms with Gasteiger partial charge in [0.1, 0.15) is 11.5 Å². The molecule has 2 aromatic rings. The Hall–Kier alpha value is -2.55. The number of nitrogens with one attached hydrogen (secondary N) is 1. The number of carbonyl (C=O) groups is 1. The summed E-state index contributed by atoms with van der Waals surface area (Å²) < 4.78 is 5.71. The summed E-state index contributed by atoms with van der Waals surface area (Å²) in [4.78, 5) is 10.7. The van der Waals surface area contributed by atoms with Crippen LogP contribution in [0.4, 0.5) is 0 Å². The molecule has 0 fully saturated rings. The minimum absolute atomic E-state index is 0.0266. The molecule has 20 heavy (non-hydrogen) atoms. The van der Waals surface area contributed by atoms with E-state index in [0.717, 1.165) is 17.1 Å². The molecule has 0 heterocycles. The monoisotopic (exact) mass is 267 g/mol. The second-order valence-corrected chi connectivity index (χ2v) is 4.32. The molecular weight excluding hydrogens is 250 g/mol. The maximum Gasteiger partial charge on any atom is 0.217 e. The molecule has 3 heteroatoms. The zero-order chi connectivity index (χ0) is 14.2. The van der Waals surface area contributed by atoms with Crippen LogP contribution in [0.2, 0.25) is 0 Å². The van der Waals surface area contributed by atoms with Crippen molar-refractivity contribution >= 4 is 12.0 Å². The molecule has 1 N–H and O–H groups in total. The van der Waals surface area contributed by atoms with Crippen LogP contribution in [-0.4, -0.2) is 12.5 Å². The summed E-state index contributed by atoms with van der Waals surface area (Å²) in [6.45, 7) is 2.04. The minimum Gasteiger partial charge on any atom is -0.457 e. The molecule has 1 amide bonds. The van der Waals surface area contributed by atoms with E-state index in [-0.39, 0.29) is 5.91 Å². The van der Waals surface area contributed by atoms with Crippen molar-refractivity contribution in [2.24, 2.45) is 0 Å². The third-order valence-corrected chi connectivity index (χ3v) is 2.64. The van der Waals surface area contributed by atoms with Crippen molar-refractivity contribution in [3.63, 3.8) is 0 Å².